The highest BCUT2D eigenvalue weighted by molar-refractivity contribution is 5.75. The molecule has 0 bridgehead atoms. The maximum Gasteiger partial charge on any atom is 0.246 e. The number of nitrogens with zero attached hydrogens (tertiary/aromatic N) is 2. The standard InChI is InChI=1S/C14H17N3O3/c1-3-4-12(18)15-9-13-16-14(17-20-13)10-5-7-11(19-2)8-6-10/h5-8H,3-4,9H2,1-2H3,(H,15,18). The molecular formula is C14H17N3O3. The summed E-state index contributed by atoms with van der Waals surface area (Å²) >= 11 is 0. The fourth-order valence-corrected chi connectivity index (χ4v) is 1.67. The minimum Gasteiger partial charge on any atom is -0.497 e. The van der Waals surface area contributed by atoms with E-state index in [4.69, 9.17) is 9.26 Å². The van der Waals surface area contributed by atoms with Gasteiger partial charge in [0.1, 0.15) is 5.75 Å². The second kappa shape index (κ2) is 6.70. The van der Waals surface area contributed by atoms with Gasteiger partial charge in [0.2, 0.25) is 17.6 Å². The Bertz CT molecular complexity index is 563. The van der Waals surface area contributed by atoms with Crippen LogP contribution >= 0.6 is 0 Å². The smallest absolute Gasteiger partial charge is 0.246 e. The molecule has 1 aromatic heterocycles. The number of nitrogens with one attached hydrogen (secondary N) is 1. The van der Waals surface area contributed by atoms with Gasteiger partial charge in [-0.15, -0.1) is 0 Å². The lowest BCUT2D eigenvalue weighted by molar-refractivity contribution is -0.121. The van der Waals surface area contributed by atoms with Crippen LogP contribution in [0.3, 0.4) is 0 Å². The van der Waals surface area contributed by atoms with Crippen LogP contribution in [0.25, 0.3) is 11.4 Å². The Labute approximate surface area is 117 Å². The van der Waals surface area contributed by atoms with E-state index in [-0.39, 0.29) is 12.5 Å². The molecule has 6 heteroatoms. The van der Waals surface area contributed by atoms with Gasteiger partial charge in [0.25, 0.3) is 0 Å². The molecule has 0 aliphatic rings. The van der Waals surface area contributed by atoms with E-state index < -0.39 is 0 Å². The number of hydrogen-bond donors (Lipinski definition) is 1. The van der Waals surface area contributed by atoms with Gasteiger partial charge < -0.3 is 14.6 Å². The maximum atomic E-state index is 11.3. The van der Waals surface area contributed by atoms with Gasteiger partial charge in [-0.2, -0.15) is 4.98 Å². The molecule has 0 saturated carbocycles. The predicted octanol–water partition coefficient (Wildman–Crippen LogP) is 2.16. The number of rotatable bonds is 6. The van der Waals surface area contributed by atoms with Crippen LogP contribution in [0.2, 0.25) is 0 Å². The first-order valence-electron chi connectivity index (χ1n) is 6.46. The molecule has 2 rings (SSSR count). The fourth-order valence-electron chi connectivity index (χ4n) is 1.67. The fraction of sp³-hybridized carbons (Fsp3) is 0.357. The molecule has 20 heavy (non-hydrogen) atoms. The summed E-state index contributed by atoms with van der Waals surface area (Å²) in [5.41, 5.74) is 0.834. The van der Waals surface area contributed by atoms with E-state index in [1.54, 1.807) is 7.11 Å². The number of hydrogen-bond acceptors (Lipinski definition) is 5. The molecule has 0 aliphatic carbocycles. The van der Waals surface area contributed by atoms with E-state index in [1.165, 1.54) is 0 Å². The predicted molar refractivity (Wildman–Crippen MR) is 73.0 cm³/mol. The van der Waals surface area contributed by atoms with E-state index in [2.05, 4.69) is 15.5 Å². The summed E-state index contributed by atoms with van der Waals surface area (Å²) in [5, 5.41) is 6.62. The summed E-state index contributed by atoms with van der Waals surface area (Å²) in [6.07, 6.45) is 1.31. The van der Waals surface area contributed by atoms with Crippen molar-refractivity contribution in [2.24, 2.45) is 0 Å². The summed E-state index contributed by atoms with van der Waals surface area (Å²) in [5.74, 6) is 1.63. The minimum absolute atomic E-state index is 0.0169. The number of carbonyl (C=O) groups is 1. The summed E-state index contributed by atoms with van der Waals surface area (Å²) in [7, 11) is 1.61. The molecule has 0 spiro atoms. The third kappa shape index (κ3) is 3.57. The second-order valence-corrected chi connectivity index (χ2v) is 4.27. The number of amides is 1. The van der Waals surface area contributed by atoms with E-state index in [0.717, 1.165) is 17.7 Å². The molecular weight excluding hydrogens is 258 g/mol. The van der Waals surface area contributed by atoms with Gasteiger partial charge >= 0.3 is 0 Å². The van der Waals surface area contributed by atoms with Crippen molar-refractivity contribution >= 4 is 5.91 Å². The molecule has 0 aliphatic heterocycles. The van der Waals surface area contributed by atoms with Crippen molar-refractivity contribution in [2.45, 2.75) is 26.3 Å². The van der Waals surface area contributed by atoms with Crippen molar-refractivity contribution in [3.63, 3.8) is 0 Å². The number of carbonyl (C=O) groups excluding carboxylic acids is 1. The normalized spacial score (nSPS) is 10.3. The quantitative estimate of drug-likeness (QED) is 0.874. The lowest BCUT2D eigenvalue weighted by atomic mass is 10.2. The van der Waals surface area contributed by atoms with Gasteiger partial charge in [0.15, 0.2) is 0 Å². The highest BCUT2D eigenvalue weighted by Crippen LogP contribution is 2.19. The first-order valence-corrected chi connectivity index (χ1v) is 6.46. The van der Waals surface area contributed by atoms with Gasteiger partial charge in [-0.3, -0.25) is 4.79 Å². The molecule has 0 saturated heterocycles. The monoisotopic (exact) mass is 275 g/mol. The van der Waals surface area contributed by atoms with Gasteiger partial charge in [0, 0.05) is 12.0 Å². The Morgan fingerprint density at radius 1 is 1.35 bits per heavy atom. The van der Waals surface area contributed by atoms with Gasteiger partial charge in [-0.1, -0.05) is 12.1 Å². The Morgan fingerprint density at radius 2 is 2.10 bits per heavy atom. The molecule has 2 aromatic rings. The molecule has 1 N–H and O–H groups in total. The molecule has 0 fully saturated rings. The zero-order chi connectivity index (χ0) is 14.4. The molecule has 1 aromatic carbocycles. The van der Waals surface area contributed by atoms with E-state index in [9.17, 15) is 4.79 Å². The van der Waals surface area contributed by atoms with Crippen molar-refractivity contribution in [3.8, 4) is 17.1 Å². The maximum absolute atomic E-state index is 11.3. The molecule has 6 nitrogen and oxygen atoms in total. The molecule has 1 amide bonds. The Balaban J connectivity index is 1.99. The first kappa shape index (κ1) is 14.0. The van der Waals surface area contributed by atoms with Crippen LogP contribution in [0.15, 0.2) is 28.8 Å². The lowest BCUT2D eigenvalue weighted by Crippen LogP contribution is -2.22. The molecule has 106 valence electrons. The molecule has 0 unspecified atom stereocenters. The Morgan fingerprint density at radius 3 is 2.75 bits per heavy atom. The van der Waals surface area contributed by atoms with Crippen molar-refractivity contribution in [3.05, 3.63) is 30.2 Å². The lowest BCUT2D eigenvalue weighted by Gasteiger charge is -1.99. The number of ether oxygens (including phenoxy) is 1. The van der Waals surface area contributed by atoms with Crippen LogP contribution < -0.4 is 10.1 Å². The molecule has 1 heterocycles. The number of aromatic nitrogens is 2. The summed E-state index contributed by atoms with van der Waals surface area (Å²) in [6, 6.07) is 7.36. The summed E-state index contributed by atoms with van der Waals surface area (Å²) < 4.78 is 10.2. The van der Waals surface area contributed by atoms with Crippen LogP contribution in [-0.4, -0.2) is 23.2 Å². The minimum atomic E-state index is -0.0169. The summed E-state index contributed by atoms with van der Waals surface area (Å²) in [6.45, 7) is 2.20. The molecule has 0 atom stereocenters. The largest absolute Gasteiger partial charge is 0.497 e. The Hall–Kier alpha value is -2.37. The van der Waals surface area contributed by atoms with Gasteiger partial charge in [-0.05, 0) is 30.7 Å². The van der Waals surface area contributed by atoms with Crippen molar-refractivity contribution in [1.29, 1.82) is 0 Å². The zero-order valence-corrected chi connectivity index (χ0v) is 11.5. The number of benzene rings is 1. The van der Waals surface area contributed by atoms with E-state index in [1.807, 2.05) is 31.2 Å². The Kier molecular flexibility index (Phi) is 4.70. The van der Waals surface area contributed by atoms with Crippen LogP contribution in [0, 0.1) is 0 Å². The van der Waals surface area contributed by atoms with Crippen molar-refractivity contribution < 1.29 is 14.1 Å². The topological polar surface area (TPSA) is 77.2 Å². The third-order valence-electron chi connectivity index (χ3n) is 2.73. The van der Waals surface area contributed by atoms with Crippen LogP contribution in [0.4, 0.5) is 0 Å². The average Bonchev–Trinajstić information content (AvgIpc) is 2.94. The van der Waals surface area contributed by atoms with Gasteiger partial charge in [-0.25, -0.2) is 0 Å². The van der Waals surface area contributed by atoms with Gasteiger partial charge in [0.05, 0.1) is 13.7 Å². The third-order valence-corrected chi connectivity index (χ3v) is 2.73. The summed E-state index contributed by atoms with van der Waals surface area (Å²) in [4.78, 5) is 15.6. The average molecular weight is 275 g/mol. The first-order chi connectivity index (χ1) is 9.72. The second-order valence-electron chi connectivity index (χ2n) is 4.27. The van der Waals surface area contributed by atoms with Crippen LogP contribution in [0.1, 0.15) is 25.7 Å². The van der Waals surface area contributed by atoms with Crippen molar-refractivity contribution in [1.82, 2.24) is 15.5 Å². The van der Waals surface area contributed by atoms with Crippen LogP contribution in [-0.2, 0) is 11.3 Å². The highest BCUT2D eigenvalue weighted by Gasteiger charge is 2.09. The van der Waals surface area contributed by atoms with E-state index >= 15 is 0 Å². The number of methoxy groups -OCH3 is 1. The van der Waals surface area contributed by atoms with Crippen molar-refractivity contribution in [2.75, 3.05) is 7.11 Å². The molecule has 0 radical (unpaired) electrons. The van der Waals surface area contributed by atoms with E-state index in [0.29, 0.717) is 18.1 Å². The van der Waals surface area contributed by atoms with Crippen LogP contribution in [0.5, 0.6) is 5.75 Å². The zero-order valence-electron chi connectivity index (χ0n) is 11.5. The highest BCUT2D eigenvalue weighted by atomic mass is 16.5. The SMILES string of the molecule is CCCC(=O)NCc1nc(-c2ccc(OC)cc2)no1.